The molecule has 1 aromatic carbocycles. The van der Waals surface area contributed by atoms with Crippen LogP contribution in [0.1, 0.15) is 6.92 Å². The van der Waals surface area contributed by atoms with E-state index >= 15 is 0 Å². The highest BCUT2D eigenvalue weighted by atomic mass is 32.3. The van der Waals surface area contributed by atoms with Gasteiger partial charge in [0.05, 0.1) is 6.61 Å². The maximum Gasteiger partial charge on any atom is 0.397 e. The second kappa shape index (κ2) is 9.23. The Kier molecular flexibility index (Phi) is 7.89. The van der Waals surface area contributed by atoms with Gasteiger partial charge in [-0.3, -0.25) is 9.35 Å². The molecule has 0 aromatic heterocycles. The maximum absolute atomic E-state index is 11.4. The summed E-state index contributed by atoms with van der Waals surface area (Å²) in [5.41, 5.74) is 0. The van der Waals surface area contributed by atoms with Crippen molar-refractivity contribution in [1.29, 1.82) is 0 Å². The molecule has 1 fully saturated rings. The number of hydrogen-bond acceptors (Lipinski definition) is 9. The van der Waals surface area contributed by atoms with Gasteiger partial charge >= 0.3 is 10.4 Å². The van der Waals surface area contributed by atoms with Gasteiger partial charge in [0.25, 0.3) is 0 Å². The Hall–Kier alpha value is -1.80. The van der Waals surface area contributed by atoms with E-state index in [9.17, 15) is 23.4 Å². The molecule has 1 aliphatic rings. The van der Waals surface area contributed by atoms with Crippen molar-refractivity contribution in [3.63, 3.8) is 0 Å². The first-order chi connectivity index (χ1) is 11.7. The van der Waals surface area contributed by atoms with E-state index in [4.69, 9.17) is 14.0 Å². The number of para-hydroxylation sites is 1. The third kappa shape index (κ3) is 5.88. The number of hydrogen-bond donors (Lipinski definition) is 5. The second-order valence-electron chi connectivity index (χ2n) is 5.36. The average molecular weight is 394 g/mol. The van der Waals surface area contributed by atoms with Crippen LogP contribution in [0.25, 0.3) is 0 Å². The molecule has 0 bridgehead atoms. The molecule has 5 atom stereocenters. The maximum atomic E-state index is 11.4. The Morgan fingerprint density at radius 2 is 1.92 bits per heavy atom. The standard InChI is InChI=1S/C14H19NO9S.H3N/c1-8(17)15-11-12(18)13(24-25(19,20)21)10(7-16)23-14(11)22-9-5-3-2-4-6-9;/h2-6,10-14,16,18H,7H2,1H3,(H,15,17)(H,19,20,21);1H3/t10-,11-,12-,13+,14+;/m1./s1. The molecule has 0 saturated carbocycles. The molecular formula is C14H22N2O9S. The molecule has 148 valence electrons. The van der Waals surface area contributed by atoms with Crippen LogP contribution in [0.4, 0.5) is 0 Å². The Balaban J connectivity index is 0.00000338. The number of aliphatic hydroxyl groups is 2. The van der Waals surface area contributed by atoms with Gasteiger partial charge in [-0.05, 0) is 12.1 Å². The third-order valence-electron chi connectivity index (χ3n) is 3.45. The van der Waals surface area contributed by atoms with E-state index in [0.717, 1.165) is 0 Å². The minimum Gasteiger partial charge on any atom is -0.463 e. The zero-order valence-electron chi connectivity index (χ0n) is 13.9. The van der Waals surface area contributed by atoms with Gasteiger partial charge in [0.1, 0.15) is 30.1 Å². The van der Waals surface area contributed by atoms with E-state index < -0.39 is 53.6 Å². The molecule has 2 rings (SSSR count). The Labute approximate surface area is 150 Å². The van der Waals surface area contributed by atoms with E-state index in [-0.39, 0.29) is 6.15 Å². The van der Waals surface area contributed by atoms with Gasteiger partial charge < -0.3 is 31.2 Å². The van der Waals surface area contributed by atoms with Crippen LogP contribution in [0.2, 0.25) is 0 Å². The smallest absolute Gasteiger partial charge is 0.397 e. The number of carbonyl (C=O) groups is 1. The summed E-state index contributed by atoms with van der Waals surface area (Å²) in [5.74, 6) is -0.178. The number of aliphatic hydroxyl groups excluding tert-OH is 2. The number of nitrogens with one attached hydrogen (secondary N) is 1. The minimum absolute atomic E-state index is 0. The van der Waals surface area contributed by atoms with Crippen molar-refractivity contribution in [3.05, 3.63) is 30.3 Å². The first-order valence-corrected chi connectivity index (χ1v) is 8.66. The fourth-order valence-electron chi connectivity index (χ4n) is 2.45. The molecule has 1 aromatic rings. The van der Waals surface area contributed by atoms with Crippen molar-refractivity contribution in [2.75, 3.05) is 6.61 Å². The van der Waals surface area contributed by atoms with Crippen LogP contribution >= 0.6 is 0 Å². The topological polar surface area (TPSA) is 187 Å². The molecule has 1 heterocycles. The molecule has 7 N–H and O–H groups in total. The summed E-state index contributed by atoms with van der Waals surface area (Å²) < 4.78 is 46.2. The van der Waals surface area contributed by atoms with Crippen LogP contribution in [0.15, 0.2) is 30.3 Å². The summed E-state index contributed by atoms with van der Waals surface area (Å²) >= 11 is 0. The number of amides is 1. The lowest BCUT2D eigenvalue weighted by atomic mass is 9.97. The summed E-state index contributed by atoms with van der Waals surface area (Å²) in [4.78, 5) is 11.4. The van der Waals surface area contributed by atoms with E-state index in [1.165, 1.54) is 6.92 Å². The number of rotatable bonds is 6. The van der Waals surface area contributed by atoms with Gasteiger partial charge in [-0.15, -0.1) is 0 Å². The highest BCUT2D eigenvalue weighted by molar-refractivity contribution is 7.80. The number of benzene rings is 1. The predicted octanol–water partition coefficient (Wildman–Crippen LogP) is -1.00. The Morgan fingerprint density at radius 3 is 2.42 bits per heavy atom. The fourth-order valence-corrected chi connectivity index (χ4v) is 2.97. The molecule has 26 heavy (non-hydrogen) atoms. The average Bonchev–Trinajstić information content (AvgIpc) is 2.53. The van der Waals surface area contributed by atoms with E-state index in [1.807, 2.05) is 0 Å². The van der Waals surface area contributed by atoms with Crippen LogP contribution in [-0.2, 0) is 24.1 Å². The van der Waals surface area contributed by atoms with E-state index in [1.54, 1.807) is 30.3 Å². The van der Waals surface area contributed by atoms with Crippen molar-refractivity contribution in [1.82, 2.24) is 11.5 Å². The molecule has 1 aliphatic heterocycles. The van der Waals surface area contributed by atoms with Crippen LogP contribution in [0.5, 0.6) is 5.75 Å². The summed E-state index contributed by atoms with van der Waals surface area (Å²) in [6.07, 6.45) is -5.85. The predicted molar refractivity (Wildman–Crippen MR) is 87.9 cm³/mol. The van der Waals surface area contributed by atoms with Crippen molar-refractivity contribution in [2.45, 2.75) is 37.6 Å². The highest BCUT2D eigenvalue weighted by Crippen LogP contribution is 2.27. The molecule has 1 saturated heterocycles. The van der Waals surface area contributed by atoms with E-state index in [2.05, 4.69) is 9.50 Å². The van der Waals surface area contributed by atoms with Crippen LogP contribution in [-0.4, -0.2) is 66.3 Å². The van der Waals surface area contributed by atoms with Gasteiger partial charge in [0.15, 0.2) is 0 Å². The molecule has 0 unspecified atom stereocenters. The Morgan fingerprint density at radius 1 is 1.31 bits per heavy atom. The first-order valence-electron chi connectivity index (χ1n) is 7.30. The molecule has 11 nitrogen and oxygen atoms in total. The third-order valence-corrected chi connectivity index (χ3v) is 3.92. The van der Waals surface area contributed by atoms with Crippen molar-refractivity contribution < 1.29 is 41.6 Å². The van der Waals surface area contributed by atoms with Gasteiger partial charge in [-0.2, -0.15) is 8.42 Å². The highest BCUT2D eigenvalue weighted by Gasteiger charge is 2.49. The lowest BCUT2D eigenvalue weighted by molar-refractivity contribution is -0.239. The lowest BCUT2D eigenvalue weighted by Gasteiger charge is -2.43. The summed E-state index contributed by atoms with van der Waals surface area (Å²) in [5, 5.41) is 22.2. The van der Waals surface area contributed by atoms with Crippen LogP contribution < -0.4 is 16.2 Å². The van der Waals surface area contributed by atoms with Gasteiger partial charge in [-0.1, -0.05) is 18.2 Å². The fraction of sp³-hybridized carbons (Fsp3) is 0.500. The monoisotopic (exact) mass is 394 g/mol. The zero-order chi connectivity index (χ0) is 18.6. The van der Waals surface area contributed by atoms with Gasteiger partial charge in [0, 0.05) is 6.92 Å². The van der Waals surface area contributed by atoms with Crippen molar-refractivity contribution in [3.8, 4) is 5.75 Å². The largest absolute Gasteiger partial charge is 0.463 e. The SMILES string of the molecule is CC(=O)N[C@H]1[C@@H](Oc2ccccc2)O[C@H](CO)[C@H](OS(=O)(=O)O)[C@@H]1O.N. The molecule has 1 amide bonds. The number of ether oxygens (including phenoxy) is 2. The Bertz CT molecular complexity index is 685. The quantitative estimate of drug-likeness (QED) is 0.374. The lowest BCUT2D eigenvalue weighted by Crippen LogP contribution is -2.66. The molecule has 0 aliphatic carbocycles. The van der Waals surface area contributed by atoms with Gasteiger partial charge in [0.2, 0.25) is 12.2 Å². The molecular weight excluding hydrogens is 372 g/mol. The van der Waals surface area contributed by atoms with Crippen molar-refractivity contribution in [2.24, 2.45) is 0 Å². The number of carbonyl (C=O) groups excluding carboxylic acids is 1. The molecule has 0 radical (unpaired) electrons. The second-order valence-corrected chi connectivity index (χ2v) is 6.41. The normalized spacial score (nSPS) is 28.7. The summed E-state index contributed by atoms with van der Waals surface area (Å²) in [6.45, 7) is 0.460. The van der Waals surface area contributed by atoms with Gasteiger partial charge in [-0.25, -0.2) is 4.18 Å². The van der Waals surface area contributed by atoms with E-state index in [0.29, 0.717) is 5.75 Å². The summed E-state index contributed by atoms with van der Waals surface area (Å²) in [6, 6.07) is 7.13. The van der Waals surface area contributed by atoms with Crippen LogP contribution in [0, 0.1) is 0 Å². The minimum atomic E-state index is -4.93. The van der Waals surface area contributed by atoms with Crippen molar-refractivity contribution >= 4 is 16.3 Å². The van der Waals surface area contributed by atoms with Crippen LogP contribution in [0.3, 0.4) is 0 Å². The summed E-state index contributed by atoms with van der Waals surface area (Å²) in [7, 11) is -4.93. The molecule has 0 spiro atoms. The zero-order valence-corrected chi connectivity index (χ0v) is 14.7. The molecule has 12 heteroatoms. The first kappa shape index (κ1) is 22.2.